The Kier molecular flexibility index (Phi) is 4.76. The highest BCUT2D eigenvalue weighted by atomic mass is 32.2. The van der Waals surface area contributed by atoms with Gasteiger partial charge in [-0.25, -0.2) is 9.97 Å². The lowest BCUT2D eigenvalue weighted by atomic mass is 9.89. The maximum absolute atomic E-state index is 12.2. The zero-order valence-corrected chi connectivity index (χ0v) is 15.6. The number of para-hydroxylation sites is 2. The van der Waals surface area contributed by atoms with Crippen LogP contribution < -0.4 is 5.32 Å². The lowest BCUT2D eigenvalue weighted by molar-refractivity contribution is -0.113. The average Bonchev–Trinajstić information content (AvgIpc) is 3.21. The highest BCUT2D eigenvalue weighted by molar-refractivity contribution is 7.99. The molecular weight excluding hydrogens is 354 g/mol. The number of rotatable bonds is 5. The van der Waals surface area contributed by atoms with Gasteiger partial charge in [-0.05, 0) is 37.3 Å². The van der Waals surface area contributed by atoms with Crippen LogP contribution in [0.15, 0.2) is 33.9 Å². The Bertz CT molecular complexity index is 870. The van der Waals surface area contributed by atoms with Gasteiger partial charge in [0.15, 0.2) is 10.7 Å². The molecule has 1 amide bonds. The normalized spacial score (nSPS) is 16.8. The molecule has 0 saturated carbocycles. The van der Waals surface area contributed by atoms with Crippen LogP contribution in [-0.2, 0) is 17.6 Å². The Morgan fingerprint density at radius 2 is 2.28 bits per heavy atom. The summed E-state index contributed by atoms with van der Waals surface area (Å²) in [6, 6.07) is 7.59. The minimum absolute atomic E-state index is 0.0783. The highest BCUT2D eigenvalue weighted by Gasteiger charge is 2.22. The second-order valence-corrected chi connectivity index (χ2v) is 8.20. The minimum atomic E-state index is -0.0783. The van der Waals surface area contributed by atoms with E-state index in [1.165, 1.54) is 29.5 Å². The van der Waals surface area contributed by atoms with Crippen LogP contribution in [-0.4, -0.2) is 21.6 Å². The number of carbonyl (C=O) groups excluding carboxylic acids is 1. The van der Waals surface area contributed by atoms with E-state index in [1.807, 2.05) is 24.3 Å². The molecule has 0 spiro atoms. The molecule has 4 rings (SSSR count). The fourth-order valence-electron chi connectivity index (χ4n) is 3.04. The van der Waals surface area contributed by atoms with Gasteiger partial charge in [-0.1, -0.05) is 37.2 Å². The topological polar surface area (TPSA) is 68.0 Å². The second kappa shape index (κ2) is 7.17. The first-order chi connectivity index (χ1) is 12.2. The van der Waals surface area contributed by atoms with Crippen molar-refractivity contribution in [2.45, 2.75) is 37.8 Å². The molecule has 130 valence electrons. The molecule has 1 aromatic carbocycles. The van der Waals surface area contributed by atoms with E-state index in [0.29, 0.717) is 10.4 Å². The van der Waals surface area contributed by atoms with Crippen LogP contribution in [0.25, 0.3) is 11.1 Å². The van der Waals surface area contributed by atoms with Crippen LogP contribution in [0.3, 0.4) is 0 Å². The Labute approximate surface area is 154 Å². The van der Waals surface area contributed by atoms with Crippen molar-refractivity contribution in [2.24, 2.45) is 5.92 Å². The molecule has 0 radical (unpaired) electrons. The van der Waals surface area contributed by atoms with Crippen LogP contribution >= 0.6 is 23.1 Å². The fourth-order valence-corrected chi connectivity index (χ4v) is 4.82. The van der Waals surface area contributed by atoms with Gasteiger partial charge in [0.05, 0.1) is 11.4 Å². The Morgan fingerprint density at radius 3 is 3.12 bits per heavy atom. The summed E-state index contributed by atoms with van der Waals surface area (Å²) in [6.45, 7) is 2.24. The number of anilines is 1. The van der Waals surface area contributed by atoms with E-state index in [-0.39, 0.29) is 11.7 Å². The van der Waals surface area contributed by atoms with Gasteiger partial charge in [-0.2, -0.15) is 0 Å². The predicted octanol–water partition coefficient (Wildman–Crippen LogP) is 4.53. The Morgan fingerprint density at radius 1 is 1.40 bits per heavy atom. The molecule has 2 aromatic heterocycles. The average molecular weight is 374 g/mol. The Hall–Kier alpha value is -1.86. The fraction of sp³-hybridized carbons (Fsp3) is 0.389. The van der Waals surface area contributed by atoms with Crippen LogP contribution in [0.5, 0.6) is 0 Å². The van der Waals surface area contributed by atoms with E-state index in [2.05, 4.69) is 22.2 Å². The highest BCUT2D eigenvalue weighted by Crippen LogP contribution is 2.33. The van der Waals surface area contributed by atoms with Gasteiger partial charge in [0.25, 0.3) is 5.22 Å². The van der Waals surface area contributed by atoms with Crippen molar-refractivity contribution in [3.05, 3.63) is 34.8 Å². The molecule has 25 heavy (non-hydrogen) atoms. The van der Waals surface area contributed by atoms with E-state index in [0.717, 1.165) is 35.6 Å². The van der Waals surface area contributed by atoms with Crippen molar-refractivity contribution in [1.29, 1.82) is 0 Å². The summed E-state index contributed by atoms with van der Waals surface area (Å²) >= 11 is 2.92. The third-order valence-corrected chi connectivity index (χ3v) is 6.33. The van der Waals surface area contributed by atoms with Crippen LogP contribution in [0.1, 0.15) is 30.3 Å². The molecule has 7 heteroatoms. The smallest absolute Gasteiger partial charge is 0.257 e. The van der Waals surface area contributed by atoms with Crippen LogP contribution in [0.4, 0.5) is 5.13 Å². The van der Waals surface area contributed by atoms with Gasteiger partial charge in [0.2, 0.25) is 5.91 Å². The number of hydrogen-bond donors (Lipinski definition) is 1. The number of thioether (sulfide) groups is 1. The largest absolute Gasteiger partial charge is 0.431 e. The summed E-state index contributed by atoms with van der Waals surface area (Å²) in [5, 5.41) is 4.14. The van der Waals surface area contributed by atoms with E-state index >= 15 is 0 Å². The van der Waals surface area contributed by atoms with Gasteiger partial charge < -0.3 is 9.73 Å². The first-order valence-electron chi connectivity index (χ1n) is 8.48. The molecule has 1 aliphatic rings. The molecule has 3 aromatic rings. The summed E-state index contributed by atoms with van der Waals surface area (Å²) in [5.41, 5.74) is 2.71. The number of amides is 1. The first kappa shape index (κ1) is 16.6. The standard InChI is InChI=1S/C18H19N3O2S2/c1-2-11-7-8-13-15(9-11)25-17(19-13)21-16(22)10-24-18-20-12-5-3-4-6-14(12)23-18/h3-6,11H,2,7-10H2,1H3,(H,19,21,22). The number of carbonyl (C=O) groups is 1. The zero-order chi connectivity index (χ0) is 17.2. The van der Waals surface area contributed by atoms with Gasteiger partial charge in [0.1, 0.15) is 5.52 Å². The molecular formula is C18H19N3O2S2. The minimum Gasteiger partial charge on any atom is -0.431 e. The molecule has 0 aliphatic heterocycles. The SMILES string of the molecule is CCC1CCc2nc(NC(=O)CSc3nc4ccccc4o3)sc2C1. The predicted molar refractivity (Wildman–Crippen MR) is 101 cm³/mol. The summed E-state index contributed by atoms with van der Waals surface area (Å²) in [7, 11) is 0. The van der Waals surface area contributed by atoms with Gasteiger partial charge in [0, 0.05) is 4.88 Å². The third kappa shape index (κ3) is 3.72. The number of aryl methyl sites for hydroxylation is 1. The number of fused-ring (bicyclic) bond motifs is 2. The molecule has 1 unspecified atom stereocenters. The number of nitrogens with zero attached hydrogens (tertiary/aromatic N) is 2. The first-order valence-corrected chi connectivity index (χ1v) is 10.3. The molecule has 0 fully saturated rings. The van der Waals surface area contributed by atoms with E-state index in [9.17, 15) is 4.79 Å². The molecule has 1 N–H and O–H groups in total. The molecule has 2 heterocycles. The molecule has 5 nitrogen and oxygen atoms in total. The number of nitrogens with one attached hydrogen (secondary N) is 1. The number of thiazole rings is 1. The van der Waals surface area contributed by atoms with Crippen molar-refractivity contribution >= 4 is 45.2 Å². The maximum Gasteiger partial charge on any atom is 0.257 e. The Balaban J connectivity index is 1.35. The van der Waals surface area contributed by atoms with Gasteiger partial charge in [-0.3, -0.25) is 4.79 Å². The zero-order valence-electron chi connectivity index (χ0n) is 13.9. The van der Waals surface area contributed by atoms with Crippen molar-refractivity contribution in [3.8, 4) is 0 Å². The summed E-state index contributed by atoms with van der Waals surface area (Å²) in [4.78, 5) is 22.5. The number of benzene rings is 1. The molecule has 1 atom stereocenters. The van der Waals surface area contributed by atoms with Crippen molar-refractivity contribution < 1.29 is 9.21 Å². The monoisotopic (exact) mass is 373 g/mol. The number of hydrogen-bond acceptors (Lipinski definition) is 6. The number of oxazole rings is 1. The quantitative estimate of drug-likeness (QED) is 0.666. The van der Waals surface area contributed by atoms with E-state index < -0.39 is 0 Å². The lowest BCUT2D eigenvalue weighted by Gasteiger charge is -2.18. The molecule has 1 aliphatic carbocycles. The van der Waals surface area contributed by atoms with Gasteiger partial charge >= 0.3 is 0 Å². The summed E-state index contributed by atoms with van der Waals surface area (Å²) in [5.74, 6) is 0.936. The summed E-state index contributed by atoms with van der Waals surface area (Å²) < 4.78 is 5.62. The van der Waals surface area contributed by atoms with E-state index in [1.54, 1.807) is 11.3 Å². The molecule has 0 saturated heterocycles. The van der Waals surface area contributed by atoms with E-state index in [4.69, 9.17) is 4.42 Å². The van der Waals surface area contributed by atoms with Crippen molar-refractivity contribution in [3.63, 3.8) is 0 Å². The molecule has 0 bridgehead atoms. The summed E-state index contributed by atoms with van der Waals surface area (Å²) in [6.07, 6.45) is 4.53. The lowest BCUT2D eigenvalue weighted by Crippen LogP contribution is -2.14. The third-order valence-electron chi connectivity index (χ3n) is 4.47. The van der Waals surface area contributed by atoms with Crippen LogP contribution in [0.2, 0.25) is 0 Å². The second-order valence-electron chi connectivity index (χ2n) is 6.19. The van der Waals surface area contributed by atoms with Gasteiger partial charge in [-0.15, -0.1) is 11.3 Å². The van der Waals surface area contributed by atoms with Crippen molar-refractivity contribution in [1.82, 2.24) is 9.97 Å². The van der Waals surface area contributed by atoms with Crippen molar-refractivity contribution in [2.75, 3.05) is 11.1 Å². The van der Waals surface area contributed by atoms with Crippen LogP contribution in [0, 0.1) is 5.92 Å². The number of aromatic nitrogens is 2. The maximum atomic E-state index is 12.2.